The predicted octanol–water partition coefficient (Wildman–Crippen LogP) is 3.17. The van der Waals surface area contributed by atoms with Crippen molar-refractivity contribution in [2.75, 3.05) is 0 Å². The highest BCUT2D eigenvalue weighted by Gasteiger charge is 1.99. The van der Waals surface area contributed by atoms with Crippen LogP contribution >= 0.6 is 0 Å². The van der Waals surface area contributed by atoms with Crippen LogP contribution < -0.4 is 0 Å². The van der Waals surface area contributed by atoms with Gasteiger partial charge in [0.2, 0.25) is 0 Å². The van der Waals surface area contributed by atoms with E-state index in [9.17, 15) is 0 Å². The summed E-state index contributed by atoms with van der Waals surface area (Å²) in [6.07, 6.45) is 6.02. The van der Waals surface area contributed by atoms with Gasteiger partial charge < -0.3 is 10.2 Å². The van der Waals surface area contributed by atoms with Crippen LogP contribution in [0.1, 0.15) is 49.8 Å². The normalized spacial score (nSPS) is 9.50. The molecule has 0 saturated heterocycles. The van der Waals surface area contributed by atoms with Gasteiger partial charge in [-0.05, 0) is 36.0 Å². The van der Waals surface area contributed by atoms with Crippen LogP contribution in [0.2, 0.25) is 0 Å². The molecule has 0 heterocycles. The van der Waals surface area contributed by atoms with Crippen LogP contribution in [0.3, 0.4) is 0 Å². The third-order valence-electron chi connectivity index (χ3n) is 2.77. The maximum atomic E-state index is 9.15. The maximum Gasteiger partial charge on any atom is 0.290 e. The Morgan fingerprint density at radius 3 is 2.11 bits per heavy atom. The lowest BCUT2D eigenvalue weighted by Crippen LogP contribution is -1.93. The summed E-state index contributed by atoms with van der Waals surface area (Å²) in [7, 11) is 0. The number of hydrogen-bond acceptors (Lipinski definition) is 2. The number of benzene rings is 1. The number of hydrogen-bond donors (Lipinski definition) is 2. The van der Waals surface area contributed by atoms with E-state index in [0.717, 1.165) is 18.4 Å². The van der Waals surface area contributed by atoms with Crippen LogP contribution in [0.15, 0.2) is 18.2 Å². The Morgan fingerprint density at radius 2 is 1.61 bits per heavy atom. The average Bonchev–Trinajstić information content (AvgIpc) is 2.39. The van der Waals surface area contributed by atoms with E-state index in [4.69, 9.17) is 15.0 Å². The smallest absolute Gasteiger partial charge is 0.290 e. The van der Waals surface area contributed by atoms with E-state index in [2.05, 4.69) is 32.0 Å². The summed E-state index contributed by atoms with van der Waals surface area (Å²) in [5, 5.41) is 16.0. The highest BCUT2D eigenvalue weighted by molar-refractivity contribution is 5.32. The molecule has 0 atom stereocenters. The van der Waals surface area contributed by atoms with Gasteiger partial charge in [-0.2, -0.15) is 0 Å². The monoisotopic (exact) mass is 252 g/mol. The number of aryl methyl sites for hydroxylation is 2. The number of carbonyl (C=O) groups is 1. The molecule has 0 radical (unpaired) electrons. The van der Waals surface area contributed by atoms with Crippen molar-refractivity contribution in [2.45, 2.75) is 52.6 Å². The zero-order valence-electron chi connectivity index (χ0n) is 11.4. The zero-order chi connectivity index (χ0) is 13.8. The van der Waals surface area contributed by atoms with Crippen molar-refractivity contribution in [3.63, 3.8) is 0 Å². The van der Waals surface area contributed by atoms with Gasteiger partial charge in [-0.15, -0.1) is 0 Å². The fraction of sp³-hybridized carbons (Fsp3) is 0.533. The highest BCUT2D eigenvalue weighted by Crippen LogP contribution is 2.14. The first kappa shape index (κ1) is 16.6. The summed E-state index contributed by atoms with van der Waals surface area (Å²) in [6.45, 7) is 4.29. The van der Waals surface area contributed by atoms with Gasteiger partial charge in [0, 0.05) is 0 Å². The third-order valence-corrected chi connectivity index (χ3v) is 2.77. The van der Waals surface area contributed by atoms with Crippen LogP contribution in [-0.2, 0) is 24.2 Å². The zero-order valence-corrected chi connectivity index (χ0v) is 11.4. The molecule has 1 aromatic carbocycles. The molecule has 0 fully saturated rings. The molecule has 0 amide bonds. The number of carboxylic acid groups (broad SMARTS) is 1. The highest BCUT2D eigenvalue weighted by atomic mass is 16.3. The fourth-order valence-electron chi connectivity index (χ4n) is 1.86. The fourth-order valence-corrected chi connectivity index (χ4v) is 1.86. The lowest BCUT2D eigenvalue weighted by molar-refractivity contribution is -0.122. The van der Waals surface area contributed by atoms with Crippen molar-refractivity contribution in [3.05, 3.63) is 34.9 Å². The Morgan fingerprint density at radius 1 is 1.06 bits per heavy atom. The van der Waals surface area contributed by atoms with E-state index >= 15 is 0 Å². The molecule has 0 aliphatic rings. The molecule has 3 heteroatoms. The summed E-state index contributed by atoms with van der Waals surface area (Å²) >= 11 is 0. The molecule has 3 nitrogen and oxygen atoms in total. The first-order chi connectivity index (χ1) is 8.71. The molecule has 0 aromatic heterocycles. The molecule has 18 heavy (non-hydrogen) atoms. The molecule has 0 spiro atoms. The Kier molecular flexibility index (Phi) is 9.97. The summed E-state index contributed by atoms with van der Waals surface area (Å²) < 4.78 is 0. The number of aliphatic hydroxyl groups excluding tert-OH is 1. The van der Waals surface area contributed by atoms with Gasteiger partial charge in [-0.3, -0.25) is 4.79 Å². The first-order valence-electron chi connectivity index (χ1n) is 6.52. The van der Waals surface area contributed by atoms with E-state index < -0.39 is 0 Å². The minimum Gasteiger partial charge on any atom is -0.483 e. The van der Waals surface area contributed by atoms with Crippen molar-refractivity contribution in [2.24, 2.45) is 0 Å². The van der Waals surface area contributed by atoms with E-state index in [1.807, 2.05) is 0 Å². The predicted molar refractivity (Wildman–Crippen MR) is 73.7 cm³/mol. The molecular formula is C15H24O3. The second-order valence-electron chi connectivity index (χ2n) is 4.23. The van der Waals surface area contributed by atoms with Gasteiger partial charge >= 0.3 is 0 Å². The Hall–Kier alpha value is -1.35. The molecule has 102 valence electrons. The SMILES string of the molecule is CCCCCc1cc(CC)cc(CO)c1.O=CO. The number of unbranched alkanes of at least 4 members (excludes halogenated alkanes) is 2. The van der Waals surface area contributed by atoms with E-state index in [1.165, 1.54) is 30.4 Å². The van der Waals surface area contributed by atoms with Gasteiger partial charge in [0.25, 0.3) is 6.47 Å². The molecule has 0 saturated carbocycles. The Bertz CT molecular complexity index is 312. The molecule has 1 rings (SSSR count). The molecule has 0 aliphatic heterocycles. The second kappa shape index (κ2) is 10.8. The molecule has 1 aromatic rings. The van der Waals surface area contributed by atoms with Gasteiger partial charge in [0.05, 0.1) is 6.61 Å². The van der Waals surface area contributed by atoms with Crippen molar-refractivity contribution in [1.82, 2.24) is 0 Å². The number of rotatable bonds is 6. The minimum atomic E-state index is -0.250. The van der Waals surface area contributed by atoms with Gasteiger partial charge in [0.1, 0.15) is 0 Å². The topological polar surface area (TPSA) is 57.5 Å². The minimum absolute atomic E-state index is 0.161. The Balaban J connectivity index is 0.000000873. The second-order valence-corrected chi connectivity index (χ2v) is 4.23. The summed E-state index contributed by atoms with van der Waals surface area (Å²) in [6, 6.07) is 6.51. The van der Waals surface area contributed by atoms with Gasteiger partial charge in [-0.25, -0.2) is 0 Å². The largest absolute Gasteiger partial charge is 0.483 e. The molecule has 0 unspecified atom stereocenters. The quantitative estimate of drug-likeness (QED) is 0.604. The van der Waals surface area contributed by atoms with Crippen LogP contribution in [0.25, 0.3) is 0 Å². The summed E-state index contributed by atoms with van der Waals surface area (Å²) in [4.78, 5) is 8.36. The van der Waals surface area contributed by atoms with Crippen molar-refractivity contribution in [3.8, 4) is 0 Å². The summed E-state index contributed by atoms with van der Waals surface area (Å²) in [5.74, 6) is 0. The molecular weight excluding hydrogens is 228 g/mol. The van der Waals surface area contributed by atoms with Gasteiger partial charge in [0.15, 0.2) is 0 Å². The maximum absolute atomic E-state index is 9.15. The molecule has 2 N–H and O–H groups in total. The first-order valence-corrected chi connectivity index (χ1v) is 6.52. The lowest BCUT2D eigenvalue weighted by Gasteiger charge is -2.07. The standard InChI is InChI=1S/C14H22O.CH2O2/c1-3-5-6-7-13-8-12(4-2)9-14(10-13)11-15;2-1-3/h8-10,15H,3-7,11H2,1-2H3;1H,(H,2,3). The molecule has 0 aliphatic carbocycles. The Labute approximate surface area is 109 Å². The van der Waals surface area contributed by atoms with Crippen LogP contribution in [0.4, 0.5) is 0 Å². The molecule has 0 bridgehead atoms. The average molecular weight is 252 g/mol. The van der Waals surface area contributed by atoms with Crippen LogP contribution in [0.5, 0.6) is 0 Å². The van der Waals surface area contributed by atoms with Crippen molar-refractivity contribution in [1.29, 1.82) is 0 Å². The van der Waals surface area contributed by atoms with Crippen LogP contribution in [0, 0.1) is 0 Å². The van der Waals surface area contributed by atoms with Crippen LogP contribution in [-0.4, -0.2) is 16.7 Å². The van der Waals surface area contributed by atoms with E-state index in [-0.39, 0.29) is 13.1 Å². The van der Waals surface area contributed by atoms with Crippen molar-refractivity contribution < 1.29 is 15.0 Å². The number of aliphatic hydroxyl groups is 1. The van der Waals surface area contributed by atoms with E-state index in [1.54, 1.807) is 0 Å². The van der Waals surface area contributed by atoms with E-state index in [0.29, 0.717) is 0 Å². The lowest BCUT2D eigenvalue weighted by atomic mass is 10.0. The summed E-state index contributed by atoms with van der Waals surface area (Å²) in [5.41, 5.74) is 3.78. The van der Waals surface area contributed by atoms with Crippen molar-refractivity contribution >= 4 is 6.47 Å². The third kappa shape index (κ3) is 7.07. The van der Waals surface area contributed by atoms with Gasteiger partial charge in [-0.1, -0.05) is 44.9 Å².